The van der Waals surface area contributed by atoms with Crippen molar-refractivity contribution >= 4 is 11.9 Å². The van der Waals surface area contributed by atoms with Crippen LogP contribution in [0.15, 0.2) is 48.5 Å². The van der Waals surface area contributed by atoms with Gasteiger partial charge in [-0.2, -0.15) is 0 Å². The van der Waals surface area contributed by atoms with Crippen LogP contribution in [0.4, 0.5) is 0 Å². The zero-order chi connectivity index (χ0) is 11.8. The Bertz CT molecular complexity index is 615. The molecule has 0 fully saturated rings. The van der Waals surface area contributed by atoms with Gasteiger partial charge in [0.15, 0.2) is 0 Å². The molecule has 0 bridgehead atoms. The van der Waals surface area contributed by atoms with E-state index in [9.17, 15) is 9.59 Å². The number of benzene rings is 2. The summed E-state index contributed by atoms with van der Waals surface area (Å²) in [5.74, 6) is -1.13. The molecule has 0 N–H and O–H groups in total. The Labute approximate surface area is 97.6 Å². The van der Waals surface area contributed by atoms with Gasteiger partial charge in [-0.15, -0.1) is 0 Å². The van der Waals surface area contributed by atoms with Crippen molar-refractivity contribution in [3.8, 4) is 11.1 Å². The summed E-state index contributed by atoms with van der Waals surface area (Å²) < 4.78 is 4.62. The quantitative estimate of drug-likeness (QED) is 0.552. The van der Waals surface area contributed by atoms with Gasteiger partial charge in [-0.3, -0.25) is 0 Å². The number of carbonyl (C=O) groups excluding carboxylic acids is 2. The minimum absolute atomic E-state index is 0.344. The Balaban J connectivity index is 2.27. The van der Waals surface area contributed by atoms with Crippen LogP contribution in [-0.2, 0) is 4.74 Å². The van der Waals surface area contributed by atoms with Gasteiger partial charge < -0.3 is 4.74 Å². The Morgan fingerprint density at radius 3 is 2.18 bits per heavy atom. The summed E-state index contributed by atoms with van der Waals surface area (Å²) in [6.07, 6.45) is 0. The van der Waals surface area contributed by atoms with E-state index in [2.05, 4.69) is 4.74 Å². The second-order valence-corrected chi connectivity index (χ2v) is 3.77. The van der Waals surface area contributed by atoms with Crippen LogP contribution < -0.4 is 0 Å². The molecule has 82 valence electrons. The standard InChI is InChI=1S/C14H8O3/c15-13-11-8-4-7-10(12(11)14(16)17-13)9-5-2-1-3-6-9/h1-8H. The van der Waals surface area contributed by atoms with Crippen LogP contribution in [-0.4, -0.2) is 11.9 Å². The molecule has 1 aliphatic heterocycles. The highest BCUT2D eigenvalue weighted by Crippen LogP contribution is 2.30. The third-order valence-electron chi connectivity index (χ3n) is 2.76. The minimum Gasteiger partial charge on any atom is -0.386 e. The zero-order valence-corrected chi connectivity index (χ0v) is 8.84. The van der Waals surface area contributed by atoms with Gasteiger partial charge >= 0.3 is 11.9 Å². The van der Waals surface area contributed by atoms with Crippen molar-refractivity contribution in [2.75, 3.05) is 0 Å². The number of hydrogen-bond donors (Lipinski definition) is 0. The topological polar surface area (TPSA) is 43.4 Å². The Hall–Kier alpha value is -2.42. The van der Waals surface area contributed by atoms with Crippen LogP contribution in [0.5, 0.6) is 0 Å². The number of fused-ring (bicyclic) bond motifs is 1. The van der Waals surface area contributed by atoms with E-state index < -0.39 is 11.9 Å². The molecular formula is C14H8O3. The summed E-state index contributed by atoms with van der Waals surface area (Å²) in [6, 6.07) is 14.6. The fourth-order valence-corrected chi connectivity index (χ4v) is 1.99. The molecule has 2 aromatic rings. The van der Waals surface area contributed by atoms with Crippen LogP contribution in [0.3, 0.4) is 0 Å². The van der Waals surface area contributed by atoms with Crippen molar-refractivity contribution in [3.05, 3.63) is 59.7 Å². The summed E-state index contributed by atoms with van der Waals surface area (Å²) in [5, 5.41) is 0. The Morgan fingerprint density at radius 2 is 1.41 bits per heavy atom. The van der Waals surface area contributed by atoms with Gasteiger partial charge in [-0.1, -0.05) is 42.5 Å². The summed E-state index contributed by atoms with van der Waals surface area (Å²) in [5.41, 5.74) is 2.34. The van der Waals surface area contributed by atoms with Gasteiger partial charge in [-0.25, -0.2) is 9.59 Å². The fraction of sp³-hybridized carbons (Fsp3) is 0. The van der Waals surface area contributed by atoms with Gasteiger partial charge in [0.1, 0.15) is 0 Å². The van der Waals surface area contributed by atoms with E-state index in [1.165, 1.54) is 0 Å². The molecule has 0 saturated heterocycles. The van der Waals surface area contributed by atoms with Gasteiger partial charge in [-0.05, 0) is 17.2 Å². The molecule has 0 amide bonds. The molecule has 1 aliphatic rings. The molecule has 0 aliphatic carbocycles. The average molecular weight is 224 g/mol. The van der Waals surface area contributed by atoms with Crippen molar-refractivity contribution in [1.29, 1.82) is 0 Å². The van der Waals surface area contributed by atoms with E-state index >= 15 is 0 Å². The van der Waals surface area contributed by atoms with Crippen molar-refractivity contribution in [1.82, 2.24) is 0 Å². The van der Waals surface area contributed by atoms with Crippen molar-refractivity contribution in [3.63, 3.8) is 0 Å². The highest BCUT2D eigenvalue weighted by atomic mass is 16.6. The molecule has 3 nitrogen and oxygen atoms in total. The van der Waals surface area contributed by atoms with Crippen LogP contribution in [0.1, 0.15) is 20.7 Å². The molecule has 17 heavy (non-hydrogen) atoms. The first-order chi connectivity index (χ1) is 8.27. The smallest absolute Gasteiger partial charge is 0.347 e. The number of esters is 2. The molecular weight excluding hydrogens is 216 g/mol. The molecule has 0 spiro atoms. The van der Waals surface area contributed by atoms with Gasteiger partial charge in [0.2, 0.25) is 0 Å². The van der Waals surface area contributed by atoms with Gasteiger partial charge in [0.25, 0.3) is 0 Å². The Kier molecular flexibility index (Phi) is 2.05. The highest BCUT2D eigenvalue weighted by molar-refractivity contribution is 6.17. The maximum absolute atomic E-state index is 11.6. The maximum atomic E-state index is 11.6. The first kappa shape index (κ1) is 9.78. The Morgan fingerprint density at radius 1 is 0.706 bits per heavy atom. The van der Waals surface area contributed by atoms with E-state index in [1.54, 1.807) is 12.1 Å². The van der Waals surface area contributed by atoms with E-state index in [0.717, 1.165) is 11.1 Å². The second kappa shape index (κ2) is 3.56. The molecule has 3 rings (SSSR count). The zero-order valence-electron chi connectivity index (χ0n) is 8.84. The third-order valence-corrected chi connectivity index (χ3v) is 2.76. The van der Waals surface area contributed by atoms with Crippen LogP contribution in [0.2, 0.25) is 0 Å². The number of cyclic esters (lactones) is 2. The van der Waals surface area contributed by atoms with Crippen molar-refractivity contribution in [2.45, 2.75) is 0 Å². The molecule has 0 aromatic heterocycles. The minimum atomic E-state index is -0.567. The number of hydrogen-bond acceptors (Lipinski definition) is 3. The monoisotopic (exact) mass is 224 g/mol. The number of rotatable bonds is 1. The van der Waals surface area contributed by atoms with Gasteiger partial charge in [0, 0.05) is 0 Å². The normalized spacial score (nSPS) is 13.4. The lowest BCUT2D eigenvalue weighted by atomic mass is 9.97. The van der Waals surface area contributed by atoms with Crippen molar-refractivity contribution < 1.29 is 14.3 Å². The SMILES string of the molecule is O=C1OC(=O)c2c1cccc2-c1ccccc1. The lowest BCUT2D eigenvalue weighted by molar-refractivity contribution is 0.0444. The first-order valence-corrected chi connectivity index (χ1v) is 5.22. The largest absolute Gasteiger partial charge is 0.386 e. The fourth-order valence-electron chi connectivity index (χ4n) is 1.99. The highest BCUT2D eigenvalue weighted by Gasteiger charge is 2.32. The number of carbonyl (C=O) groups is 2. The van der Waals surface area contributed by atoms with Crippen molar-refractivity contribution in [2.24, 2.45) is 0 Å². The van der Waals surface area contributed by atoms with E-state index in [4.69, 9.17) is 0 Å². The molecule has 0 atom stereocenters. The summed E-state index contributed by atoms with van der Waals surface area (Å²) in [6.45, 7) is 0. The summed E-state index contributed by atoms with van der Waals surface area (Å²) >= 11 is 0. The predicted molar refractivity (Wildman–Crippen MR) is 61.6 cm³/mol. The summed E-state index contributed by atoms with van der Waals surface area (Å²) in [7, 11) is 0. The van der Waals surface area contributed by atoms with Crippen LogP contribution in [0.25, 0.3) is 11.1 Å². The molecule has 2 aromatic carbocycles. The molecule has 0 saturated carbocycles. The molecule has 0 radical (unpaired) electrons. The van der Waals surface area contributed by atoms with E-state index in [1.807, 2.05) is 36.4 Å². The third kappa shape index (κ3) is 1.44. The number of ether oxygens (including phenoxy) is 1. The van der Waals surface area contributed by atoms with E-state index in [-0.39, 0.29) is 0 Å². The van der Waals surface area contributed by atoms with Crippen LogP contribution >= 0.6 is 0 Å². The first-order valence-electron chi connectivity index (χ1n) is 5.22. The van der Waals surface area contributed by atoms with Gasteiger partial charge in [0.05, 0.1) is 11.1 Å². The molecule has 0 unspecified atom stereocenters. The maximum Gasteiger partial charge on any atom is 0.347 e. The lowest BCUT2D eigenvalue weighted by Crippen LogP contribution is -1.98. The lowest BCUT2D eigenvalue weighted by Gasteiger charge is -2.04. The second-order valence-electron chi connectivity index (χ2n) is 3.77. The molecule has 3 heteroatoms. The summed E-state index contributed by atoms with van der Waals surface area (Å²) in [4.78, 5) is 23.0. The average Bonchev–Trinajstić information content (AvgIpc) is 2.66. The predicted octanol–water partition coefficient (Wildman–Crippen LogP) is 2.66. The van der Waals surface area contributed by atoms with Crippen LogP contribution in [0, 0.1) is 0 Å². The molecule has 1 heterocycles. The van der Waals surface area contributed by atoms with E-state index in [0.29, 0.717) is 11.1 Å².